The lowest BCUT2D eigenvalue weighted by atomic mass is 10.1. The number of carbonyl (C=O) groups is 2. The van der Waals surface area contributed by atoms with Crippen LogP contribution in [0.3, 0.4) is 0 Å². The number of nitrogens with two attached hydrogens (primary N) is 1. The molecule has 0 spiro atoms. The molecule has 108 valence electrons. The van der Waals surface area contributed by atoms with Gasteiger partial charge in [0.05, 0.1) is 12.7 Å². The van der Waals surface area contributed by atoms with Crippen LogP contribution in [0, 0.1) is 0 Å². The van der Waals surface area contributed by atoms with E-state index in [2.05, 4.69) is 10.3 Å². The molecular weight excluding hydrogens is 270 g/mol. The number of hydrogen-bond acceptors (Lipinski definition) is 4. The molecule has 0 atom stereocenters. The third kappa shape index (κ3) is 3.79. The Morgan fingerprint density at radius 3 is 2.67 bits per heavy atom. The van der Waals surface area contributed by atoms with Gasteiger partial charge in [0.15, 0.2) is 0 Å². The van der Waals surface area contributed by atoms with Crippen LogP contribution in [-0.2, 0) is 6.54 Å². The minimum atomic E-state index is -0.498. The molecule has 0 saturated heterocycles. The normalized spacial score (nSPS) is 9.95. The second-order valence-electron chi connectivity index (χ2n) is 4.34. The Labute approximate surface area is 121 Å². The van der Waals surface area contributed by atoms with Gasteiger partial charge in [0.2, 0.25) is 11.8 Å². The highest BCUT2D eigenvalue weighted by atomic mass is 16.5. The first-order valence-electron chi connectivity index (χ1n) is 6.27. The molecular formula is C15H15N3O3. The summed E-state index contributed by atoms with van der Waals surface area (Å²) in [5, 5.41) is 2.75. The molecule has 6 nitrogen and oxygen atoms in total. The minimum Gasteiger partial charge on any atom is -0.481 e. The summed E-state index contributed by atoms with van der Waals surface area (Å²) >= 11 is 0. The molecule has 1 heterocycles. The molecule has 2 amide bonds. The largest absolute Gasteiger partial charge is 0.481 e. The van der Waals surface area contributed by atoms with Gasteiger partial charge in [-0.1, -0.05) is 12.1 Å². The van der Waals surface area contributed by atoms with Crippen molar-refractivity contribution in [3.05, 3.63) is 59.3 Å². The van der Waals surface area contributed by atoms with Crippen molar-refractivity contribution in [1.82, 2.24) is 10.3 Å². The minimum absolute atomic E-state index is 0.255. The number of ether oxygens (including phenoxy) is 1. The number of benzene rings is 1. The lowest BCUT2D eigenvalue weighted by molar-refractivity contribution is 0.0949. The SMILES string of the molecule is COc1ccc(C(=O)NCc2cccc(C(N)=O)c2)cn1. The van der Waals surface area contributed by atoms with E-state index in [4.69, 9.17) is 10.5 Å². The molecule has 2 rings (SSSR count). The molecule has 0 aliphatic heterocycles. The van der Waals surface area contributed by atoms with Crippen LogP contribution in [0.4, 0.5) is 0 Å². The third-order valence-electron chi connectivity index (χ3n) is 2.87. The number of aromatic nitrogens is 1. The average Bonchev–Trinajstić information content (AvgIpc) is 2.53. The summed E-state index contributed by atoms with van der Waals surface area (Å²) in [6.45, 7) is 0.298. The first kappa shape index (κ1) is 14.5. The lowest BCUT2D eigenvalue weighted by Crippen LogP contribution is -2.23. The summed E-state index contributed by atoms with van der Waals surface area (Å²) < 4.78 is 4.93. The monoisotopic (exact) mass is 285 g/mol. The van der Waals surface area contributed by atoms with Gasteiger partial charge in [-0.15, -0.1) is 0 Å². The highest BCUT2D eigenvalue weighted by Crippen LogP contribution is 2.08. The van der Waals surface area contributed by atoms with Gasteiger partial charge in [0.25, 0.3) is 5.91 Å². The molecule has 6 heteroatoms. The van der Waals surface area contributed by atoms with E-state index >= 15 is 0 Å². The zero-order chi connectivity index (χ0) is 15.2. The van der Waals surface area contributed by atoms with Crippen molar-refractivity contribution in [2.75, 3.05) is 7.11 Å². The fourth-order valence-corrected chi connectivity index (χ4v) is 1.75. The quantitative estimate of drug-likeness (QED) is 0.860. The summed E-state index contributed by atoms with van der Waals surface area (Å²) in [4.78, 5) is 27.0. The van der Waals surface area contributed by atoms with Gasteiger partial charge in [-0.25, -0.2) is 4.98 Å². The zero-order valence-electron chi connectivity index (χ0n) is 11.5. The van der Waals surface area contributed by atoms with Crippen molar-refractivity contribution >= 4 is 11.8 Å². The van der Waals surface area contributed by atoms with Crippen LogP contribution in [0.15, 0.2) is 42.6 Å². The number of hydrogen-bond donors (Lipinski definition) is 2. The maximum absolute atomic E-state index is 12.0. The first-order valence-corrected chi connectivity index (χ1v) is 6.27. The Balaban J connectivity index is 2.00. The van der Waals surface area contributed by atoms with E-state index in [1.165, 1.54) is 13.3 Å². The number of rotatable bonds is 5. The van der Waals surface area contributed by atoms with Gasteiger partial charge < -0.3 is 15.8 Å². The van der Waals surface area contributed by atoms with Crippen LogP contribution in [0.2, 0.25) is 0 Å². The van der Waals surface area contributed by atoms with Crippen LogP contribution < -0.4 is 15.8 Å². The molecule has 0 fully saturated rings. The van der Waals surface area contributed by atoms with E-state index < -0.39 is 5.91 Å². The van der Waals surface area contributed by atoms with Gasteiger partial charge in [-0.05, 0) is 23.8 Å². The van der Waals surface area contributed by atoms with Crippen molar-refractivity contribution in [3.63, 3.8) is 0 Å². The number of pyridine rings is 1. The number of amides is 2. The molecule has 21 heavy (non-hydrogen) atoms. The molecule has 3 N–H and O–H groups in total. The maximum atomic E-state index is 12.0. The smallest absolute Gasteiger partial charge is 0.253 e. The van der Waals surface area contributed by atoms with Crippen LogP contribution >= 0.6 is 0 Å². The number of nitrogens with zero attached hydrogens (tertiary/aromatic N) is 1. The third-order valence-corrected chi connectivity index (χ3v) is 2.87. The van der Waals surface area contributed by atoms with Gasteiger partial charge in [0, 0.05) is 24.4 Å². The highest BCUT2D eigenvalue weighted by Gasteiger charge is 2.07. The Kier molecular flexibility index (Phi) is 4.50. The predicted octanol–water partition coefficient (Wildman–Crippen LogP) is 1.12. The van der Waals surface area contributed by atoms with E-state index in [0.717, 1.165) is 5.56 Å². The first-order chi connectivity index (χ1) is 10.1. The molecule has 0 saturated carbocycles. The summed E-state index contributed by atoms with van der Waals surface area (Å²) in [6, 6.07) is 10.0. The Morgan fingerprint density at radius 2 is 2.05 bits per heavy atom. The summed E-state index contributed by atoms with van der Waals surface area (Å²) in [5.74, 6) is -0.308. The second kappa shape index (κ2) is 6.51. The average molecular weight is 285 g/mol. The summed E-state index contributed by atoms with van der Waals surface area (Å²) in [5.41, 5.74) is 6.85. The fraction of sp³-hybridized carbons (Fsp3) is 0.133. The maximum Gasteiger partial charge on any atom is 0.253 e. The molecule has 1 aromatic carbocycles. The van der Waals surface area contributed by atoms with E-state index in [9.17, 15) is 9.59 Å². The van der Waals surface area contributed by atoms with Crippen LogP contribution in [0.25, 0.3) is 0 Å². The van der Waals surface area contributed by atoms with Gasteiger partial charge in [-0.3, -0.25) is 9.59 Å². The standard InChI is InChI=1S/C15H15N3O3/c1-21-13-6-5-12(9-17-13)15(20)18-8-10-3-2-4-11(7-10)14(16)19/h2-7,9H,8H2,1H3,(H2,16,19)(H,18,20). The zero-order valence-corrected chi connectivity index (χ0v) is 11.5. The van der Waals surface area contributed by atoms with Gasteiger partial charge >= 0.3 is 0 Å². The van der Waals surface area contributed by atoms with Crippen molar-refractivity contribution in [2.24, 2.45) is 5.73 Å². The van der Waals surface area contributed by atoms with Crippen molar-refractivity contribution in [2.45, 2.75) is 6.54 Å². The van der Waals surface area contributed by atoms with Crippen molar-refractivity contribution < 1.29 is 14.3 Å². The van der Waals surface area contributed by atoms with Crippen molar-refractivity contribution in [1.29, 1.82) is 0 Å². The second-order valence-corrected chi connectivity index (χ2v) is 4.34. The van der Waals surface area contributed by atoms with E-state index in [1.807, 2.05) is 0 Å². The number of carbonyl (C=O) groups excluding carboxylic acids is 2. The Hall–Kier alpha value is -2.89. The topological polar surface area (TPSA) is 94.3 Å². The number of primary amides is 1. The molecule has 0 bridgehead atoms. The van der Waals surface area contributed by atoms with E-state index in [0.29, 0.717) is 23.6 Å². The van der Waals surface area contributed by atoms with Crippen molar-refractivity contribution in [3.8, 4) is 5.88 Å². The highest BCUT2D eigenvalue weighted by molar-refractivity contribution is 5.94. The summed E-state index contributed by atoms with van der Waals surface area (Å²) in [7, 11) is 1.51. The molecule has 1 aromatic heterocycles. The molecule has 0 unspecified atom stereocenters. The number of methoxy groups -OCH3 is 1. The van der Waals surface area contributed by atoms with Crippen LogP contribution in [0.1, 0.15) is 26.3 Å². The van der Waals surface area contributed by atoms with Crippen LogP contribution in [0.5, 0.6) is 5.88 Å². The van der Waals surface area contributed by atoms with Gasteiger partial charge in [-0.2, -0.15) is 0 Å². The Morgan fingerprint density at radius 1 is 1.24 bits per heavy atom. The molecule has 2 aromatic rings. The Bertz CT molecular complexity index is 653. The molecule has 0 aliphatic carbocycles. The molecule has 0 radical (unpaired) electrons. The van der Waals surface area contributed by atoms with Crippen LogP contribution in [-0.4, -0.2) is 23.9 Å². The van der Waals surface area contributed by atoms with Gasteiger partial charge in [0.1, 0.15) is 0 Å². The lowest BCUT2D eigenvalue weighted by Gasteiger charge is -2.06. The number of nitrogens with one attached hydrogen (secondary N) is 1. The van der Waals surface area contributed by atoms with E-state index in [-0.39, 0.29) is 5.91 Å². The summed E-state index contributed by atoms with van der Waals surface area (Å²) in [6.07, 6.45) is 1.44. The fourth-order valence-electron chi connectivity index (χ4n) is 1.75. The predicted molar refractivity (Wildman–Crippen MR) is 76.9 cm³/mol. The van der Waals surface area contributed by atoms with E-state index in [1.54, 1.807) is 36.4 Å². The molecule has 0 aliphatic rings.